The number of hydrogen-bond donors (Lipinski definition) is 2. The maximum absolute atomic E-state index is 11.4. The first-order valence-corrected chi connectivity index (χ1v) is 6.87. The summed E-state index contributed by atoms with van der Waals surface area (Å²) in [4.78, 5) is 11.4. The van der Waals surface area contributed by atoms with Gasteiger partial charge in [0.25, 0.3) is 5.91 Å². The third-order valence-electron chi connectivity index (χ3n) is 3.29. The molecule has 0 atom stereocenters. The number of carbonyl (C=O) groups is 1. The number of nitrogens with zero attached hydrogens (tertiary/aromatic N) is 1. The van der Waals surface area contributed by atoms with Crippen molar-refractivity contribution in [2.24, 2.45) is 5.41 Å². The molecule has 4 nitrogen and oxygen atoms in total. The van der Waals surface area contributed by atoms with E-state index in [1.165, 1.54) is 0 Å². The highest BCUT2D eigenvalue weighted by molar-refractivity contribution is 5.93. The van der Waals surface area contributed by atoms with E-state index in [4.69, 9.17) is 5.26 Å². The predicted octanol–water partition coefficient (Wildman–Crippen LogP) is 2.47. The molecule has 0 spiro atoms. The zero-order valence-electron chi connectivity index (χ0n) is 12.5. The lowest BCUT2D eigenvalue weighted by molar-refractivity contribution is 0.0963. The van der Waals surface area contributed by atoms with Crippen molar-refractivity contribution in [1.29, 1.82) is 5.26 Å². The fourth-order valence-corrected chi connectivity index (χ4v) is 1.95. The summed E-state index contributed by atoms with van der Waals surface area (Å²) in [5.74, 6) is -0.0675. The van der Waals surface area contributed by atoms with Crippen LogP contribution in [-0.4, -0.2) is 19.5 Å². The molecule has 0 saturated heterocycles. The molecule has 0 aromatic heterocycles. The second kappa shape index (κ2) is 7.66. The van der Waals surface area contributed by atoms with E-state index in [2.05, 4.69) is 30.6 Å². The predicted molar refractivity (Wildman–Crippen MR) is 80.2 cm³/mol. The van der Waals surface area contributed by atoms with Gasteiger partial charge in [-0.1, -0.05) is 26.0 Å². The van der Waals surface area contributed by atoms with Gasteiger partial charge in [-0.3, -0.25) is 4.79 Å². The van der Waals surface area contributed by atoms with Gasteiger partial charge in [-0.25, -0.2) is 0 Å². The lowest BCUT2D eigenvalue weighted by atomic mass is 9.88. The largest absolute Gasteiger partial charge is 0.355 e. The number of nitrogens with one attached hydrogen (secondary N) is 2. The molecule has 0 heterocycles. The van der Waals surface area contributed by atoms with Crippen LogP contribution in [0.25, 0.3) is 0 Å². The fraction of sp³-hybridized carbons (Fsp3) is 0.500. The molecule has 0 aliphatic heterocycles. The Labute approximate surface area is 121 Å². The smallest absolute Gasteiger partial charge is 0.251 e. The average Bonchev–Trinajstić information content (AvgIpc) is 2.45. The van der Waals surface area contributed by atoms with E-state index in [9.17, 15) is 4.79 Å². The van der Waals surface area contributed by atoms with Crippen molar-refractivity contribution < 1.29 is 4.79 Å². The first-order valence-electron chi connectivity index (χ1n) is 6.87. The molecular formula is C16H23N3O. The van der Waals surface area contributed by atoms with E-state index in [0.717, 1.165) is 25.1 Å². The average molecular weight is 273 g/mol. The molecule has 1 aromatic carbocycles. The first-order chi connectivity index (χ1) is 9.48. The van der Waals surface area contributed by atoms with E-state index < -0.39 is 0 Å². The van der Waals surface area contributed by atoms with Gasteiger partial charge in [0.1, 0.15) is 0 Å². The molecule has 0 unspecified atom stereocenters. The summed E-state index contributed by atoms with van der Waals surface area (Å²) in [6.07, 6.45) is 1.49. The van der Waals surface area contributed by atoms with Crippen LogP contribution in [0.2, 0.25) is 0 Å². The molecule has 108 valence electrons. The molecule has 1 amide bonds. The third kappa shape index (κ3) is 5.41. The highest BCUT2D eigenvalue weighted by Gasteiger charge is 2.16. The summed E-state index contributed by atoms with van der Waals surface area (Å²) in [5.41, 5.74) is 1.94. The third-order valence-corrected chi connectivity index (χ3v) is 3.29. The lowest BCUT2D eigenvalue weighted by Gasteiger charge is -2.23. The number of hydrogen-bond acceptors (Lipinski definition) is 3. The Morgan fingerprint density at radius 1 is 1.30 bits per heavy atom. The van der Waals surface area contributed by atoms with Crippen molar-refractivity contribution in [2.45, 2.75) is 33.2 Å². The van der Waals surface area contributed by atoms with Gasteiger partial charge in [-0.05, 0) is 29.5 Å². The molecule has 0 radical (unpaired) electrons. The number of benzene rings is 1. The fourth-order valence-electron chi connectivity index (χ4n) is 1.95. The van der Waals surface area contributed by atoms with Crippen LogP contribution < -0.4 is 10.6 Å². The van der Waals surface area contributed by atoms with Crippen LogP contribution in [0.5, 0.6) is 0 Å². The van der Waals surface area contributed by atoms with Crippen LogP contribution in [0.3, 0.4) is 0 Å². The first kappa shape index (κ1) is 16.2. The Kier molecular flexibility index (Phi) is 6.20. The number of nitriles is 1. The van der Waals surface area contributed by atoms with Crippen LogP contribution >= 0.6 is 0 Å². The zero-order chi connectivity index (χ0) is 15.0. The number of rotatable bonds is 7. The van der Waals surface area contributed by atoms with Crippen LogP contribution in [0.4, 0.5) is 0 Å². The molecular weight excluding hydrogens is 250 g/mol. The van der Waals surface area contributed by atoms with Crippen molar-refractivity contribution in [2.75, 3.05) is 13.6 Å². The van der Waals surface area contributed by atoms with Crippen molar-refractivity contribution in [3.05, 3.63) is 35.4 Å². The monoisotopic (exact) mass is 273 g/mol. The van der Waals surface area contributed by atoms with Gasteiger partial charge >= 0.3 is 0 Å². The summed E-state index contributed by atoms with van der Waals surface area (Å²) in [6, 6.07) is 9.77. The quantitative estimate of drug-likeness (QED) is 0.802. The molecule has 0 aliphatic rings. The van der Waals surface area contributed by atoms with Gasteiger partial charge in [0.2, 0.25) is 0 Å². The van der Waals surface area contributed by atoms with E-state index >= 15 is 0 Å². The minimum Gasteiger partial charge on any atom is -0.355 e. The van der Waals surface area contributed by atoms with E-state index in [0.29, 0.717) is 12.0 Å². The summed E-state index contributed by atoms with van der Waals surface area (Å²) in [6.45, 7) is 5.95. The van der Waals surface area contributed by atoms with Gasteiger partial charge in [-0.15, -0.1) is 0 Å². The van der Waals surface area contributed by atoms with Crippen LogP contribution in [0.1, 0.15) is 42.6 Å². The normalized spacial score (nSPS) is 10.9. The number of amides is 1. The molecule has 20 heavy (non-hydrogen) atoms. The SMILES string of the molecule is CNC(=O)c1ccc(CNCC(C)(C)CCC#N)cc1. The van der Waals surface area contributed by atoms with Crippen LogP contribution in [0.15, 0.2) is 24.3 Å². The van der Waals surface area contributed by atoms with Crippen LogP contribution in [0, 0.1) is 16.7 Å². The van der Waals surface area contributed by atoms with E-state index in [-0.39, 0.29) is 11.3 Å². The Morgan fingerprint density at radius 2 is 1.95 bits per heavy atom. The standard InChI is InChI=1S/C16H23N3O/c1-16(2,9-4-10-17)12-19-11-13-5-7-14(8-6-13)15(20)18-3/h5-8,19H,4,9,11-12H2,1-3H3,(H,18,20). The minimum atomic E-state index is -0.0675. The Hall–Kier alpha value is -1.86. The highest BCUT2D eigenvalue weighted by atomic mass is 16.1. The van der Waals surface area contributed by atoms with E-state index in [1.807, 2.05) is 24.3 Å². The maximum Gasteiger partial charge on any atom is 0.251 e. The molecule has 1 aromatic rings. The maximum atomic E-state index is 11.4. The molecule has 0 bridgehead atoms. The Balaban J connectivity index is 2.43. The van der Waals surface area contributed by atoms with Gasteiger partial charge < -0.3 is 10.6 Å². The highest BCUT2D eigenvalue weighted by Crippen LogP contribution is 2.20. The second-order valence-electron chi connectivity index (χ2n) is 5.70. The summed E-state index contributed by atoms with van der Waals surface area (Å²) in [5, 5.41) is 14.6. The van der Waals surface area contributed by atoms with Crippen molar-refractivity contribution in [1.82, 2.24) is 10.6 Å². The lowest BCUT2D eigenvalue weighted by Crippen LogP contribution is -2.29. The second-order valence-corrected chi connectivity index (χ2v) is 5.70. The molecule has 0 aliphatic carbocycles. The molecule has 0 saturated carbocycles. The van der Waals surface area contributed by atoms with Crippen LogP contribution in [-0.2, 0) is 6.54 Å². The summed E-state index contributed by atoms with van der Waals surface area (Å²) in [7, 11) is 1.63. The Bertz CT molecular complexity index is 471. The molecule has 2 N–H and O–H groups in total. The van der Waals surface area contributed by atoms with Gasteiger partial charge in [0, 0.05) is 32.1 Å². The van der Waals surface area contributed by atoms with Gasteiger partial charge in [-0.2, -0.15) is 5.26 Å². The Morgan fingerprint density at radius 3 is 2.50 bits per heavy atom. The molecule has 4 heteroatoms. The molecule has 1 rings (SSSR count). The van der Waals surface area contributed by atoms with Crippen molar-refractivity contribution >= 4 is 5.91 Å². The van der Waals surface area contributed by atoms with Gasteiger partial charge in [0.15, 0.2) is 0 Å². The molecule has 0 fully saturated rings. The van der Waals surface area contributed by atoms with Gasteiger partial charge in [0.05, 0.1) is 6.07 Å². The topological polar surface area (TPSA) is 64.9 Å². The van der Waals surface area contributed by atoms with Crippen molar-refractivity contribution in [3.8, 4) is 6.07 Å². The van der Waals surface area contributed by atoms with Crippen molar-refractivity contribution in [3.63, 3.8) is 0 Å². The number of carbonyl (C=O) groups excluding carboxylic acids is 1. The van der Waals surface area contributed by atoms with E-state index in [1.54, 1.807) is 7.05 Å². The zero-order valence-corrected chi connectivity index (χ0v) is 12.5. The minimum absolute atomic E-state index is 0.0675. The summed E-state index contributed by atoms with van der Waals surface area (Å²) < 4.78 is 0. The summed E-state index contributed by atoms with van der Waals surface area (Å²) >= 11 is 0.